The molecule has 43 heavy (non-hydrogen) atoms. The van der Waals surface area contributed by atoms with Crippen molar-refractivity contribution in [3.8, 4) is 11.5 Å². The van der Waals surface area contributed by atoms with E-state index in [0.717, 1.165) is 10.5 Å². The summed E-state index contributed by atoms with van der Waals surface area (Å²) in [6.07, 6.45) is 2.62. The maximum atomic E-state index is 14.5. The number of hydrogen-bond donors (Lipinski definition) is 1. The van der Waals surface area contributed by atoms with E-state index in [-0.39, 0.29) is 42.3 Å². The molecule has 7 rings (SSSR count). The van der Waals surface area contributed by atoms with Crippen LogP contribution in [0.25, 0.3) is 0 Å². The van der Waals surface area contributed by atoms with Gasteiger partial charge in [0.25, 0.3) is 0 Å². The average molecular weight is 597 g/mol. The van der Waals surface area contributed by atoms with Gasteiger partial charge in [0.15, 0.2) is 11.5 Å². The number of phenolic OH excluding ortho intramolecular Hbond substituents is 1. The average Bonchev–Trinajstić information content (AvgIpc) is 3.66. The third-order valence-electron chi connectivity index (χ3n) is 9.92. The van der Waals surface area contributed by atoms with Crippen molar-refractivity contribution in [2.75, 3.05) is 11.5 Å². The van der Waals surface area contributed by atoms with Gasteiger partial charge in [-0.15, -0.1) is 11.3 Å². The molecule has 0 unspecified atom stereocenters. The number of hydrogen-bond acceptors (Lipinski definition) is 7. The number of imide groups is 2. The molecule has 3 aromatic rings. The van der Waals surface area contributed by atoms with E-state index in [2.05, 4.69) is 0 Å². The summed E-state index contributed by atoms with van der Waals surface area (Å²) in [5.74, 6) is -3.91. The van der Waals surface area contributed by atoms with Gasteiger partial charge in [-0.2, -0.15) is 0 Å². The lowest BCUT2D eigenvalue weighted by Gasteiger charge is -2.49. The van der Waals surface area contributed by atoms with Gasteiger partial charge < -0.3 is 9.84 Å². The highest BCUT2D eigenvalue weighted by atomic mass is 32.1. The fourth-order valence-electron chi connectivity index (χ4n) is 8.01. The number of likely N-dealkylation sites (tertiary alicyclic amines) is 1. The van der Waals surface area contributed by atoms with Gasteiger partial charge in [-0.3, -0.25) is 24.1 Å². The molecule has 2 aliphatic carbocycles. The molecule has 2 aromatic carbocycles. The largest absolute Gasteiger partial charge is 0.504 e. The van der Waals surface area contributed by atoms with Crippen molar-refractivity contribution >= 4 is 40.7 Å². The lowest BCUT2D eigenvalue weighted by Crippen LogP contribution is -2.48. The Kier molecular flexibility index (Phi) is 6.54. The number of ether oxygens (including phenoxy) is 1. The van der Waals surface area contributed by atoms with Crippen molar-refractivity contribution in [2.24, 2.45) is 29.1 Å². The van der Waals surface area contributed by atoms with Crippen LogP contribution in [0.5, 0.6) is 11.5 Å². The Morgan fingerprint density at radius 3 is 2.47 bits per heavy atom. The quantitative estimate of drug-likeness (QED) is 0.307. The Hall–Kier alpha value is -4.24. The molecule has 2 aliphatic heterocycles. The van der Waals surface area contributed by atoms with Crippen LogP contribution in [0.3, 0.4) is 0 Å². The summed E-state index contributed by atoms with van der Waals surface area (Å²) < 4.78 is 5.72. The van der Waals surface area contributed by atoms with E-state index in [4.69, 9.17) is 4.74 Å². The van der Waals surface area contributed by atoms with Gasteiger partial charge in [0, 0.05) is 16.4 Å². The molecule has 6 atom stereocenters. The van der Waals surface area contributed by atoms with E-state index in [0.29, 0.717) is 30.0 Å². The number of nitrogens with zero attached hydrogens (tertiary/aromatic N) is 2. The van der Waals surface area contributed by atoms with E-state index < -0.39 is 35.0 Å². The molecule has 220 valence electrons. The molecule has 1 saturated carbocycles. The summed E-state index contributed by atoms with van der Waals surface area (Å²) >= 11 is 1.50. The molecule has 3 heterocycles. The summed E-state index contributed by atoms with van der Waals surface area (Å²) in [4.78, 5) is 59.9. The van der Waals surface area contributed by atoms with Gasteiger partial charge in [0.2, 0.25) is 23.6 Å². The molecule has 4 amide bonds. The number of fused-ring (bicyclic) bond motifs is 4. The summed E-state index contributed by atoms with van der Waals surface area (Å²) in [5, 5.41) is 13.4. The molecule has 2 saturated heterocycles. The zero-order valence-corrected chi connectivity index (χ0v) is 24.8. The molecule has 1 aromatic heterocycles. The Labute approximate surface area is 253 Å². The summed E-state index contributed by atoms with van der Waals surface area (Å²) in [6, 6.07) is 17.9. The Morgan fingerprint density at radius 2 is 1.74 bits per heavy atom. The first-order chi connectivity index (χ1) is 20.8. The predicted octanol–water partition coefficient (Wildman–Crippen LogP) is 5.28. The van der Waals surface area contributed by atoms with Crippen molar-refractivity contribution in [1.82, 2.24) is 4.90 Å². The molecule has 3 fully saturated rings. The minimum atomic E-state index is -1.23. The smallest absolute Gasteiger partial charge is 0.241 e. The minimum Gasteiger partial charge on any atom is -0.504 e. The van der Waals surface area contributed by atoms with Gasteiger partial charge in [-0.25, -0.2) is 4.90 Å². The topological polar surface area (TPSA) is 104 Å². The molecule has 8 nitrogen and oxygen atoms in total. The highest BCUT2D eigenvalue weighted by molar-refractivity contribution is 7.09. The number of anilines is 1. The molecular formula is C34H32N2O6S. The summed E-state index contributed by atoms with van der Waals surface area (Å²) in [7, 11) is 0. The molecular weight excluding hydrogens is 564 g/mol. The first kappa shape index (κ1) is 27.6. The normalized spacial score (nSPS) is 29.8. The van der Waals surface area contributed by atoms with E-state index >= 15 is 0 Å². The first-order valence-corrected chi connectivity index (χ1v) is 15.6. The standard InChI is InChI=1S/C34H32N2O6S/c1-3-42-26-13-7-12-23(29(26)37)28-21-14-15-22-27(32(40)35(30(22)38)18-20-11-8-16-43-20)24(21)17-25-31(39)36(33(41)34(25,28)2)19-9-5-4-6-10-19/h4-14,16,22,24-25,27-28,37H,3,15,17-18H2,1-2H3/t22-,24+,25-,27-,28+,34+/m0/s1. The van der Waals surface area contributed by atoms with Crippen molar-refractivity contribution in [2.45, 2.75) is 39.2 Å². The van der Waals surface area contributed by atoms with Crippen molar-refractivity contribution in [3.05, 3.63) is 88.1 Å². The van der Waals surface area contributed by atoms with Gasteiger partial charge in [0.05, 0.1) is 42.0 Å². The number of carbonyl (C=O) groups is 4. The van der Waals surface area contributed by atoms with Crippen LogP contribution >= 0.6 is 11.3 Å². The zero-order chi connectivity index (χ0) is 30.0. The predicted molar refractivity (Wildman–Crippen MR) is 160 cm³/mol. The number of rotatable bonds is 6. The Bertz CT molecular complexity index is 1670. The fraction of sp³-hybridized carbons (Fsp3) is 0.353. The number of benzene rings is 2. The number of para-hydroxylation sites is 2. The summed E-state index contributed by atoms with van der Waals surface area (Å²) in [6.45, 7) is 4.20. The Balaban J connectivity index is 1.37. The second kappa shape index (κ2) is 10.2. The zero-order valence-electron chi connectivity index (χ0n) is 23.9. The lowest BCUT2D eigenvalue weighted by molar-refractivity contribution is -0.141. The van der Waals surface area contributed by atoms with Crippen LogP contribution in [0, 0.1) is 29.1 Å². The number of aromatic hydroxyl groups is 1. The molecule has 4 aliphatic rings. The molecule has 0 radical (unpaired) electrons. The van der Waals surface area contributed by atoms with Crippen LogP contribution < -0.4 is 9.64 Å². The number of amides is 4. The van der Waals surface area contributed by atoms with E-state index in [1.54, 1.807) is 42.5 Å². The van der Waals surface area contributed by atoms with E-state index in [9.17, 15) is 24.3 Å². The monoisotopic (exact) mass is 596 g/mol. The molecule has 1 N–H and O–H groups in total. The molecule has 0 bridgehead atoms. The first-order valence-electron chi connectivity index (χ1n) is 14.7. The third-order valence-corrected chi connectivity index (χ3v) is 10.8. The van der Waals surface area contributed by atoms with Crippen LogP contribution in [0.1, 0.15) is 43.0 Å². The minimum absolute atomic E-state index is 0.0791. The second-order valence-corrected chi connectivity index (χ2v) is 13.0. The fourth-order valence-corrected chi connectivity index (χ4v) is 8.70. The van der Waals surface area contributed by atoms with Gasteiger partial charge in [-0.05, 0) is 62.3 Å². The van der Waals surface area contributed by atoms with Crippen LogP contribution in [0.2, 0.25) is 0 Å². The van der Waals surface area contributed by atoms with E-state index in [1.807, 2.05) is 43.5 Å². The SMILES string of the molecule is CCOc1cccc([C@H]2C3=CC[C@@H]4C(=O)N(Cc5cccs5)C(=O)[C@@H]4[C@@H]3C[C@H]3C(=O)N(c4ccccc4)C(=O)[C@@]23C)c1O. The number of thiophene rings is 1. The lowest BCUT2D eigenvalue weighted by atomic mass is 9.51. The third kappa shape index (κ3) is 3.94. The maximum Gasteiger partial charge on any atom is 0.241 e. The maximum absolute atomic E-state index is 14.5. The van der Waals surface area contributed by atoms with E-state index in [1.165, 1.54) is 21.1 Å². The van der Waals surface area contributed by atoms with Gasteiger partial charge in [0.1, 0.15) is 0 Å². The second-order valence-electron chi connectivity index (χ2n) is 12.0. The molecule has 0 spiro atoms. The van der Waals surface area contributed by atoms with Crippen LogP contribution in [0.4, 0.5) is 5.69 Å². The number of carbonyl (C=O) groups excluding carboxylic acids is 4. The van der Waals surface area contributed by atoms with Crippen LogP contribution in [-0.2, 0) is 25.7 Å². The van der Waals surface area contributed by atoms with Crippen LogP contribution in [-0.4, -0.2) is 40.2 Å². The van der Waals surface area contributed by atoms with Crippen molar-refractivity contribution < 1.29 is 29.0 Å². The van der Waals surface area contributed by atoms with Crippen molar-refractivity contribution in [1.29, 1.82) is 0 Å². The van der Waals surface area contributed by atoms with Gasteiger partial charge in [-0.1, -0.05) is 48.0 Å². The highest BCUT2D eigenvalue weighted by Gasteiger charge is 2.68. The highest BCUT2D eigenvalue weighted by Crippen LogP contribution is 2.64. The number of allylic oxidation sites excluding steroid dienone is 2. The van der Waals surface area contributed by atoms with Crippen LogP contribution in [0.15, 0.2) is 77.7 Å². The molecule has 9 heteroatoms. The summed E-state index contributed by atoms with van der Waals surface area (Å²) in [5.41, 5.74) is 0.575. The Morgan fingerprint density at radius 1 is 0.953 bits per heavy atom. The number of phenols is 1. The van der Waals surface area contributed by atoms with Crippen molar-refractivity contribution in [3.63, 3.8) is 0 Å². The van der Waals surface area contributed by atoms with Gasteiger partial charge >= 0.3 is 0 Å².